The van der Waals surface area contributed by atoms with Gasteiger partial charge in [0.25, 0.3) is 0 Å². The van der Waals surface area contributed by atoms with E-state index >= 15 is 0 Å². The summed E-state index contributed by atoms with van der Waals surface area (Å²) in [5, 5.41) is 9.23. The fourth-order valence-electron chi connectivity index (χ4n) is 1.15. The van der Waals surface area contributed by atoms with E-state index in [1.807, 2.05) is 17.9 Å². The van der Waals surface area contributed by atoms with Crippen molar-refractivity contribution in [2.45, 2.75) is 13.5 Å². The molecule has 1 aromatic heterocycles. The lowest BCUT2D eigenvalue weighted by Gasteiger charge is -2.16. The highest BCUT2D eigenvalue weighted by molar-refractivity contribution is 6.31. The number of hydrogen-bond acceptors (Lipinski definition) is 3. The van der Waals surface area contributed by atoms with Gasteiger partial charge in [-0.15, -0.1) is 0 Å². The average Bonchev–Trinajstić information content (AvgIpc) is 2.20. The minimum atomic E-state index is 0.426. The Morgan fingerprint density at radius 1 is 1.64 bits per heavy atom. The van der Waals surface area contributed by atoms with E-state index in [0.29, 0.717) is 18.1 Å². The first-order chi connectivity index (χ1) is 6.77. The van der Waals surface area contributed by atoms with Crippen LogP contribution in [0.4, 0.5) is 0 Å². The number of nitriles is 1. The molecule has 0 saturated heterocycles. The van der Waals surface area contributed by atoms with E-state index in [1.165, 1.54) is 0 Å². The summed E-state index contributed by atoms with van der Waals surface area (Å²) in [6.45, 7) is 3.99. The second-order valence-electron chi connectivity index (χ2n) is 2.93. The second-order valence-corrected chi connectivity index (χ2v) is 3.34. The standard InChI is InChI=1S/C10H12ClN3/c1-2-14(6-4-12)8-9-3-5-13-7-10(9)11/h3,5,7H,2,6,8H2,1H3. The zero-order valence-corrected chi connectivity index (χ0v) is 8.83. The molecule has 0 N–H and O–H groups in total. The zero-order valence-electron chi connectivity index (χ0n) is 8.07. The molecular formula is C10H12ClN3. The van der Waals surface area contributed by atoms with Crippen molar-refractivity contribution in [2.75, 3.05) is 13.1 Å². The number of nitrogens with zero attached hydrogens (tertiary/aromatic N) is 3. The molecule has 0 aromatic carbocycles. The van der Waals surface area contributed by atoms with Crippen molar-refractivity contribution in [3.05, 3.63) is 29.0 Å². The van der Waals surface area contributed by atoms with E-state index in [1.54, 1.807) is 12.4 Å². The van der Waals surface area contributed by atoms with Crippen LogP contribution in [0.5, 0.6) is 0 Å². The minimum absolute atomic E-state index is 0.426. The molecule has 0 saturated carbocycles. The van der Waals surface area contributed by atoms with Crippen LogP contribution < -0.4 is 0 Å². The maximum atomic E-state index is 8.58. The Hall–Kier alpha value is -1.11. The summed E-state index contributed by atoms with van der Waals surface area (Å²) in [6.07, 6.45) is 3.33. The molecule has 1 aromatic rings. The van der Waals surface area contributed by atoms with Gasteiger partial charge in [0.1, 0.15) is 0 Å². The Labute approximate surface area is 88.9 Å². The Balaban J connectivity index is 2.68. The third-order valence-electron chi connectivity index (χ3n) is 1.99. The summed E-state index contributed by atoms with van der Waals surface area (Å²) in [5.74, 6) is 0. The van der Waals surface area contributed by atoms with E-state index in [-0.39, 0.29) is 0 Å². The normalized spacial score (nSPS) is 10.1. The second kappa shape index (κ2) is 5.58. The highest BCUT2D eigenvalue weighted by Gasteiger charge is 2.05. The van der Waals surface area contributed by atoms with Gasteiger partial charge in [0.05, 0.1) is 17.6 Å². The first-order valence-electron chi connectivity index (χ1n) is 4.45. The van der Waals surface area contributed by atoms with Crippen LogP contribution in [0.3, 0.4) is 0 Å². The van der Waals surface area contributed by atoms with E-state index < -0.39 is 0 Å². The summed E-state index contributed by atoms with van der Waals surface area (Å²) in [7, 11) is 0. The molecule has 4 heteroatoms. The van der Waals surface area contributed by atoms with E-state index in [4.69, 9.17) is 16.9 Å². The highest BCUT2D eigenvalue weighted by Crippen LogP contribution is 2.15. The zero-order chi connectivity index (χ0) is 10.4. The van der Waals surface area contributed by atoms with E-state index in [2.05, 4.69) is 11.1 Å². The summed E-state index contributed by atoms with van der Waals surface area (Å²) in [5.41, 5.74) is 1.01. The molecule has 1 heterocycles. The number of aromatic nitrogens is 1. The van der Waals surface area contributed by atoms with Gasteiger partial charge in [0.2, 0.25) is 0 Å². The van der Waals surface area contributed by atoms with Gasteiger partial charge in [-0.25, -0.2) is 0 Å². The molecule has 0 amide bonds. The predicted octanol–water partition coefficient (Wildman–Crippen LogP) is 2.08. The first-order valence-corrected chi connectivity index (χ1v) is 4.83. The van der Waals surface area contributed by atoms with Gasteiger partial charge in [-0.2, -0.15) is 5.26 Å². The van der Waals surface area contributed by atoms with Crippen molar-refractivity contribution < 1.29 is 0 Å². The molecule has 0 aliphatic heterocycles. The number of rotatable bonds is 4. The minimum Gasteiger partial charge on any atom is -0.286 e. The van der Waals surface area contributed by atoms with Crippen molar-refractivity contribution in [3.63, 3.8) is 0 Å². The van der Waals surface area contributed by atoms with Crippen LogP contribution in [-0.2, 0) is 6.54 Å². The van der Waals surface area contributed by atoms with Crippen molar-refractivity contribution >= 4 is 11.6 Å². The van der Waals surface area contributed by atoms with Crippen molar-refractivity contribution in [3.8, 4) is 6.07 Å². The Bertz CT molecular complexity index is 332. The lowest BCUT2D eigenvalue weighted by molar-refractivity contribution is 0.315. The first kappa shape index (κ1) is 11.0. The van der Waals surface area contributed by atoms with E-state index in [0.717, 1.165) is 12.1 Å². The number of pyridine rings is 1. The monoisotopic (exact) mass is 209 g/mol. The van der Waals surface area contributed by atoms with Gasteiger partial charge in [0.15, 0.2) is 0 Å². The van der Waals surface area contributed by atoms with Gasteiger partial charge >= 0.3 is 0 Å². The van der Waals surface area contributed by atoms with Crippen LogP contribution in [0.1, 0.15) is 12.5 Å². The lowest BCUT2D eigenvalue weighted by atomic mass is 10.2. The van der Waals surface area contributed by atoms with Gasteiger partial charge in [-0.3, -0.25) is 9.88 Å². The Morgan fingerprint density at radius 3 is 3.00 bits per heavy atom. The summed E-state index contributed by atoms with van der Waals surface area (Å²) in [4.78, 5) is 5.92. The van der Waals surface area contributed by atoms with Crippen LogP contribution in [0.2, 0.25) is 5.02 Å². The molecule has 0 unspecified atom stereocenters. The van der Waals surface area contributed by atoms with Gasteiger partial charge in [-0.05, 0) is 18.2 Å². The molecule has 0 radical (unpaired) electrons. The fourth-order valence-corrected chi connectivity index (χ4v) is 1.33. The molecule has 0 spiro atoms. The summed E-state index contributed by atoms with van der Waals surface area (Å²) in [6, 6.07) is 4.00. The molecule has 0 bridgehead atoms. The van der Waals surface area contributed by atoms with E-state index in [9.17, 15) is 0 Å². The molecular weight excluding hydrogens is 198 g/mol. The quantitative estimate of drug-likeness (QED) is 0.713. The molecule has 0 atom stereocenters. The fraction of sp³-hybridized carbons (Fsp3) is 0.400. The Kier molecular flexibility index (Phi) is 4.37. The van der Waals surface area contributed by atoms with Crippen LogP contribution in [0.15, 0.2) is 18.5 Å². The molecule has 0 aliphatic carbocycles. The summed E-state index contributed by atoms with van der Waals surface area (Å²) >= 11 is 5.95. The van der Waals surface area contributed by atoms with Crippen LogP contribution in [0, 0.1) is 11.3 Å². The molecule has 74 valence electrons. The van der Waals surface area contributed by atoms with Crippen molar-refractivity contribution in [2.24, 2.45) is 0 Å². The smallest absolute Gasteiger partial charge is 0.0868 e. The van der Waals surface area contributed by atoms with Gasteiger partial charge < -0.3 is 0 Å². The van der Waals surface area contributed by atoms with Crippen molar-refractivity contribution in [1.29, 1.82) is 5.26 Å². The maximum Gasteiger partial charge on any atom is 0.0868 e. The molecule has 3 nitrogen and oxygen atoms in total. The summed E-state index contributed by atoms with van der Waals surface area (Å²) < 4.78 is 0. The number of hydrogen-bond donors (Lipinski definition) is 0. The molecule has 14 heavy (non-hydrogen) atoms. The molecule has 1 rings (SSSR count). The van der Waals surface area contributed by atoms with Crippen LogP contribution in [-0.4, -0.2) is 23.0 Å². The Morgan fingerprint density at radius 2 is 2.43 bits per heavy atom. The third-order valence-corrected chi connectivity index (χ3v) is 2.33. The van der Waals surface area contributed by atoms with Crippen molar-refractivity contribution in [1.82, 2.24) is 9.88 Å². The largest absolute Gasteiger partial charge is 0.286 e. The third kappa shape index (κ3) is 2.99. The predicted molar refractivity (Wildman–Crippen MR) is 55.8 cm³/mol. The highest BCUT2D eigenvalue weighted by atomic mass is 35.5. The lowest BCUT2D eigenvalue weighted by Crippen LogP contribution is -2.23. The topological polar surface area (TPSA) is 39.9 Å². The SMILES string of the molecule is CCN(CC#N)Cc1ccncc1Cl. The van der Waals surface area contributed by atoms with Gasteiger partial charge in [0, 0.05) is 18.9 Å². The average molecular weight is 210 g/mol. The molecule has 0 aliphatic rings. The van der Waals surface area contributed by atoms with Crippen LogP contribution >= 0.6 is 11.6 Å². The van der Waals surface area contributed by atoms with Gasteiger partial charge in [-0.1, -0.05) is 18.5 Å². The molecule has 0 fully saturated rings. The number of halogens is 1. The maximum absolute atomic E-state index is 8.58. The van der Waals surface area contributed by atoms with Crippen LogP contribution in [0.25, 0.3) is 0 Å².